The van der Waals surface area contributed by atoms with Crippen molar-refractivity contribution in [3.8, 4) is 28.7 Å². The first-order chi connectivity index (χ1) is 18.8. The van der Waals surface area contributed by atoms with E-state index >= 15 is 0 Å². The van der Waals surface area contributed by atoms with E-state index in [4.69, 9.17) is 9.47 Å². The van der Waals surface area contributed by atoms with E-state index in [1.165, 1.54) is 22.0 Å². The number of para-hydroxylation sites is 1. The second-order valence-corrected chi connectivity index (χ2v) is 10.6. The molecule has 0 aliphatic carbocycles. The van der Waals surface area contributed by atoms with E-state index in [9.17, 15) is 9.90 Å². The van der Waals surface area contributed by atoms with Gasteiger partial charge in [-0.05, 0) is 67.6 Å². The summed E-state index contributed by atoms with van der Waals surface area (Å²) in [5, 5.41) is 13.9. The molecule has 8 nitrogen and oxygen atoms in total. The summed E-state index contributed by atoms with van der Waals surface area (Å²) in [5.74, 6) is 0.705. The molecule has 1 N–H and O–H groups in total. The van der Waals surface area contributed by atoms with Gasteiger partial charge in [0.1, 0.15) is 18.1 Å². The fraction of sp³-hybridized carbons (Fsp3) is 0.323. The molecule has 0 fully saturated rings. The van der Waals surface area contributed by atoms with Crippen LogP contribution in [0.1, 0.15) is 59.6 Å². The van der Waals surface area contributed by atoms with Crippen LogP contribution in [-0.4, -0.2) is 38.3 Å². The fourth-order valence-electron chi connectivity index (χ4n) is 5.62. The summed E-state index contributed by atoms with van der Waals surface area (Å²) in [4.78, 5) is 14.2. The first-order valence-corrected chi connectivity index (χ1v) is 13.4. The Hall–Kier alpha value is -4.17. The Labute approximate surface area is 228 Å². The SMILES string of the molecule is Cc1cccc(-c2cccc3[n+]2C(C)Oc2c(C(=O)O)cnn2-3)c1OCc1ccc2c(c1)CCN(C(C)C)C2. The first kappa shape index (κ1) is 25.1. The second-order valence-electron chi connectivity index (χ2n) is 10.6. The molecule has 0 spiro atoms. The highest BCUT2D eigenvalue weighted by Crippen LogP contribution is 2.35. The zero-order chi connectivity index (χ0) is 27.3. The van der Waals surface area contributed by atoms with Crippen molar-refractivity contribution < 1.29 is 23.9 Å². The lowest BCUT2D eigenvalue weighted by molar-refractivity contribution is -0.740. The van der Waals surface area contributed by atoms with E-state index in [-0.39, 0.29) is 11.4 Å². The number of hydrogen-bond acceptors (Lipinski definition) is 5. The highest BCUT2D eigenvalue weighted by molar-refractivity contribution is 5.90. The van der Waals surface area contributed by atoms with Crippen LogP contribution in [0, 0.1) is 6.92 Å². The molecule has 8 heteroatoms. The van der Waals surface area contributed by atoms with Crippen LogP contribution >= 0.6 is 0 Å². The van der Waals surface area contributed by atoms with Gasteiger partial charge in [0.05, 0.1) is 11.8 Å². The number of hydrogen-bond donors (Lipinski definition) is 1. The van der Waals surface area contributed by atoms with Crippen molar-refractivity contribution in [1.82, 2.24) is 14.7 Å². The molecule has 1 atom stereocenters. The molecule has 0 amide bonds. The van der Waals surface area contributed by atoms with Gasteiger partial charge in [0.2, 0.25) is 6.23 Å². The Kier molecular flexibility index (Phi) is 6.35. The van der Waals surface area contributed by atoms with E-state index in [1.54, 1.807) is 0 Å². The van der Waals surface area contributed by atoms with Gasteiger partial charge in [-0.1, -0.05) is 40.1 Å². The monoisotopic (exact) mass is 525 g/mol. The number of carbonyl (C=O) groups is 1. The molecular weight excluding hydrogens is 492 g/mol. The summed E-state index contributed by atoms with van der Waals surface area (Å²) in [5.41, 5.74) is 6.88. The quantitative estimate of drug-likeness (QED) is 0.353. The Morgan fingerprint density at radius 1 is 1.18 bits per heavy atom. The molecule has 0 saturated carbocycles. The third kappa shape index (κ3) is 4.44. The predicted molar refractivity (Wildman–Crippen MR) is 146 cm³/mol. The maximum absolute atomic E-state index is 11.7. The number of rotatable bonds is 6. The van der Waals surface area contributed by atoms with Gasteiger partial charge in [-0.15, -0.1) is 0 Å². The van der Waals surface area contributed by atoms with E-state index in [2.05, 4.69) is 55.0 Å². The van der Waals surface area contributed by atoms with Crippen LogP contribution in [0.2, 0.25) is 0 Å². The van der Waals surface area contributed by atoms with Crippen LogP contribution in [0.5, 0.6) is 11.6 Å². The lowest BCUT2D eigenvalue weighted by atomic mass is 9.96. The van der Waals surface area contributed by atoms with Crippen LogP contribution in [0.15, 0.2) is 60.8 Å². The van der Waals surface area contributed by atoms with Crippen molar-refractivity contribution in [1.29, 1.82) is 0 Å². The van der Waals surface area contributed by atoms with Gasteiger partial charge in [0.15, 0.2) is 5.56 Å². The topological polar surface area (TPSA) is 80.7 Å². The fourth-order valence-corrected chi connectivity index (χ4v) is 5.62. The molecule has 39 heavy (non-hydrogen) atoms. The number of nitrogens with zero attached hydrogens (tertiary/aromatic N) is 4. The minimum atomic E-state index is -1.07. The minimum absolute atomic E-state index is 0.0417. The predicted octanol–water partition coefficient (Wildman–Crippen LogP) is 5.09. The smallest absolute Gasteiger partial charge is 0.345 e. The van der Waals surface area contributed by atoms with Crippen LogP contribution in [0.3, 0.4) is 0 Å². The zero-order valence-electron chi connectivity index (χ0n) is 22.7. The van der Waals surface area contributed by atoms with Gasteiger partial charge < -0.3 is 14.6 Å². The third-order valence-corrected chi connectivity index (χ3v) is 7.74. The van der Waals surface area contributed by atoms with E-state index in [0.29, 0.717) is 12.6 Å². The van der Waals surface area contributed by atoms with E-state index in [0.717, 1.165) is 53.5 Å². The number of aromatic nitrogens is 3. The maximum Gasteiger partial charge on any atom is 0.345 e. The molecule has 0 radical (unpaired) electrons. The van der Waals surface area contributed by atoms with Gasteiger partial charge in [-0.2, -0.15) is 4.57 Å². The van der Waals surface area contributed by atoms with Gasteiger partial charge in [-0.25, -0.2) is 4.79 Å². The molecule has 4 heterocycles. The maximum atomic E-state index is 11.7. The Morgan fingerprint density at radius 2 is 2.00 bits per heavy atom. The number of ether oxygens (including phenoxy) is 2. The van der Waals surface area contributed by atoms with Gasteiger partial charge >= 0.3 is 17.7 Å². The zero-order valence-corrected chi connectivity index (χ0v) is 22.7. The van der Waals surface area contributed by atoms with Crippen LogP contribution in [0.4, 0.5) is 0 Å². The number of benzene rings is 2. The van der Waals surface area contributed by atoms with Gasteiger partial charge in [0, 0.05) is 32.1 Å². The summed E-state index contributed by atoms with van der Waals surface area (Å²) in [6.45, 7) is 11.0. The van der Waals surface area contributed by atoms with Gasteiger partial charge in [-0.3, -0.25) is 4.90 Å². The summed E-state index contributed by atoms with van der Waals surface area (Å²) >= 11 is 0. The van der Waals surface area contributed by atoms with E-state index in [1.807, 2.05) is 41.8 Å². The summed E-state index contributed by atoms with van der Waals surface area (Å²) < 4.78 is 16.2. The minimum Gasteiger partial charge on any atom is -0.488 e. The highest BCUT2D eigenvalue weighted by atomic mass is 16.5. The standard InChI is InChI=1S/C31H32N4O4/c1-19(2)33-14-13-23-15-22(11-12-24(23)17-33)18-38-29-20(3)7-5-8-25(29)27-9-6-10-28-34(27)21(4)39-30-26(31(36)37)16-32-35(28)30/h5-12,15-16,19,21H,13-14,17-18H2,1-4H3/p+1. The van der Waals surface area contributed by atoms with E-state index < -0.39 is 12.2 Å². The third-order valence-electron chi connectivity index (χ3n) is 7.74. The number of fused-ring (bicyclic) bond motifs is 4. The Morgan fingerprint density at radius 3 is 2.79 bits per heavy atom. The lowest BCUT2D eigenvalue weighted by Crippen LogP contribution is -2.50. The summed E-state index contributed by atoms with van der Waals surface area (Å²) in [6, 6.07) is 19.3. The number of pyridine rings is 1. The first-order valence-electron chi connectivity index (χ1n) is 13.4. The van der Waals surface area contributed by atoms with Crippen molar-refractivity contribution in [2.75, 3.05) is 6.54 Å². The molecule has 200 valence electrons. The molecule has 2 aliphatic heterocycles. The highest BCUT2D eigenvalue weighted by Gasteiger charge is 2.37. The number of aryl methyl sites for hydroxylation is 1. The number of aromatic carboxylic acids is 1. The summed E-state index contributed by atoms with van der Waals surface area (Å²) in [6.07, 6.45) is 1.94. The molecular formula is C31H33N4O4+. The van der Waals surface area contributed by atoms with Crippen molar-refractivity contribution in [2.45, 2.75) is 59.5 Å². The van der Waals surface area contributed by atoms with Crippen molar-refractivity contribution in [2.24, 2.45) is 0 Å². The largest absolute Gasteiger partial charge is 0.488 e. The normalized spacial score (nSPS) is 16.3. The molecule has 4 aromatic rings. The van der Waals surface area contributed by atoms with Crippen LogP contribution in [0.25, 0.3) is 17.1 Å². The molecule has 1 unspecified atom stereocenters. The lowest BCUT2D eigenvalue weighted by Gasteiger charge is -2.32. The Balaban J connectivity index is 1.33. The molecule has 2 aliphatic rings. The average Bonchev–Trinajstić information content (AvgIpc) is 3.36. The molecule has 6 rings (SSSR count). The van der Waals surface area contributed by atoms with Crippen molar-refractivity contribution in [3.05, 3.63) is 88.6 Å². The number of carboxylic acids is 1. The van der Waals surface area contributed by atoms with Gasteiger partial charge in [0.25, 0.3) is 0 Å². The van der Waals surface area contributed by atoms with Crippen molar-refractivity contribution >= 4 is 5.97 Å². The molecule has 0 saturated heterocycles. The summed E-state index contributed by atoms with van der Waals surface area (Å²) in [7, 11) is 0. The van der Waals surface area contributed by atoms with Crippen LogP contribution < -0.4 is 14.0 Å². The average molecular weight is 526 g/mol. The van der Waals surface area contributed by atoms with Crippen LogP contribution in [-0.2, 0) is 19.6 Å². The Bertz CT molecular complexity index is 1580. The second kappa shape index (κ2) is 9.85. The molecule has 2 aromatic carbocycles. The van der Waals surface area contributed by atoms with Crippen molar-refractivity contribution in [3.63, 3.8) is 0 Å². The molecule has 2 aromatic heterocycles. The number of carboxylic acid groups (broad SMARTS) is 1. The molecule has 0 bridgehead atoms.